The van der Waals surface area contributed by atoms with Gasteiger partial charge in [0.15, 0.2) is 5.78 Å². The van der Waals surface area contributed by atoms with Crippen molar-refractivity contribution in [2.45, 2.75) is 25.9 Å². The molecule has 1 aliphatic rings. The van der Waals surface area contributed by atoms with Gasteiger partial charge in [0, 0.05) is 31.2 Å². The maximum absolute atomic E-state index is 12.3. The number of rotatable bonds is 8. The third-order valence-electron chi connectivity index (χ3n) is 5.61. The molecule has 0 saturated carbocycles. The van der Waals surface area contributed by atoms with Crippen LogP contribution in [-0.4, -0.2) is 60.8 Å². The number of aromatic nitrogens is 7. The van der Waals surface area contributed by atoms with Crippen molar-refractivity contribution in [2.75, 3.05) is 26.1 Å². The Morgan fingerprint density at radius 1 is 1.27 bits per heavy atom. The van der Waals surface area contributed by atoms with Crippen molar-refractivity contribution in [3.8, 4) is 17.1 Å². The molecule has 1 aromatic carbocycles. The standard InChI is InChI=1S/C22H24N8O3/c1-32-19-4-2-3-17-20(24-22(23)25-21(17)19)18-12-30(28-26-18)10-15-5-7-29(27-15)11-16(31)9-14-6-8-33-13-14/h2-5,7,12,14H,6,8-11,13H2,1H3,(H2,23,24,25)/t14-/m1/s1. The lowest BCUT2D eigenvalue weighted by atomic mass is 10.0. The molecule has 1 fully saturated rings. The quantitative estimate of drug-likeness (QED) is 0.427. The van der Waals surface area contributed by atoms with Gasteiger partial charge >= 0.3 is 0 Å². The normalized spacial score (nSPS) is 15.8. The summed E-state index contributed by atoms with van der Waals surface area (Å²) >= 11 is 0. The Morgan fingerprint density at radius 3 is 3.00 bits per heavy atom. The molecule has 1 aliphatic heterocycles. The van der Waals surface area contributed by atoms with Gasteiger partial charge in [-0.2, -0.15) is 5.10 Å². The van der Waals surface area contributed by atoms with Crippen molar-refractivity contribution in [2.24, 2.45) is 5.92 Å². The monoisotopic (exact) mass is 448 g/mol. The lowest BCUT2D eigenvalue weighted by molar-refractivity contribution is -0.120. The number of hydrogen-bond acceptors (Lipinski definition) is 9. The van der Waals surface area contributed by atoms with Crippen LogP contribution in [0, 0.1) is 5.92 Å². The van der Waals surface area contributed by atoms with E-state index in [2.05, 4.69) is 25.4 Å². The summed E-state index contributed by atoms with van der Waals surface area (Å²) in [6.45, 7) is 2.08. The molecule has 0 aliphatic carbocycles. The van der Waals surface area contributed by atoms with Crippen LogP contribution in [0.4, 0.5) is 5.95 Å². The summed E-state index contributed by atoms with van der Waals surface area (Å²) in [7, 11) is 1.58. The van der Waals surface area contributed by atoms with E-state index in [1.54, 1.807) is 28.9 Å². The van der Waals surface area contributed by atoms with Crippen LogP contribution >= 0.6 is 0 Å². The molecule has 0 spiro atoms. The molecular weight excluding hydrogens is 424 g/mol. The number of anilines is 1. The van der Waals surface area contributed by atoms with Crippen molar-refractivity contribution in [1.29, 1.82) is 0 Å². The zero-order valence-corrected chi connectivity index (χ0v) is 18.2. The summed E-state index contributed by atoms with van der Waals surface area (Å²) in [5.74, 6) is 1.22. The second kappa shape index (κ2) is 8.94. The molecule has 0 bridgehead atoms. The number of Topliss-reactive ketones (excluding diaryl/α,β-unsaturated/α-hetero) is 1. The van der Waals surface area contributed by atoms with Crippen LogP contribution in [0.5, 0.6) is 5.75 Å². The van der Waals surface area contributed by atoms with Crippen LogP contribution in [0.2, 0.25) is 0 Å². The third kappa shape index (κ3) is 4.53. The van der Waals surface area contributed by atoms with E-state index in [0.29, 0.717) is 48.1 Å². The number of methoxy groups -OCH3 is 1. The number of carbonyl (C=O) groups excluding carboxylic acids is 1. The highest BCUT2D eigenvalue weighted by atomic mass is 16.5. The highest BCUT2D eigenvalue weighted by Crippen LogP contribution is 2.30. The van der Waals surface area contributed by atoms with E-state index in [-0.39, 0.29) is 18.3 Å². The number of hydrogen-bond donors (Lipinski definition) is 1. The molecule has 4 aromatic rings. The van der Waals surface area contributed by atoms with Gasteiger partial charge in [0.05, 0.1) is 32.1 Å². The van der Waals surface area contributed by atoms with Crippen molar-refractivity contribution in [1.82, 2.24) is 34.7 Å². The van der Waals surface area contributed by atoms with Gasteiger partial charge < -0.3 is 15.2 Å². The van der Waals surface area contributed by atoms with Crippen molar-refractivity contribution in [3.63, 3.8) is 0 Å². The van der Waals surface area contributed by atoms with Crippen molar-refractivity contribution >= 4 is 22.6 Å². The van der Waals surface area contributed by atoms with Gasteiger partial charge in [-0.05, 0) is 24.5 Å². The average molecular weight is 448 g/mol. The predicted molar refractivity (Wildman–Crippen MR) is 119 cm³/mol. The Bertz CT molecular complexity index is 1290. The second-order valence-electron chi connectivity index (χ2n) is 8.07. The number of carbonyl (C=O) groups is 1. The fraction of sp³-hybridized carbons (Fsp3) is 0.364. The molecular formula is C22H24N8O3. The van der Waals surface area contributed by atoms with Gasteiger partial charge in [0.2, 0.25) is 5.95 Å². The Labute approximate surface area is 189 Å². The van der Waals surface area contributed by atoms with Crippen LogP contribution in [0.15, 0.2) is 36.7 Å². The lowest BCUT2D eigenvalue weighted by Gasteiger charge is -2.07. The van der Waals surface area contributed by atoms with Crippen molar-refractivity contribution < 1.29 is 14.3 Å². The Balaban J connectivity index is 1.31. The lowest BCUT2D eigenvalue weighted by Crippen LogP contribution is -2.15. The van der Waals surface area contributed by atoms with Gasteiger partial charge in [-0.1, -0.05) is 17.3 Å². The summed E-state index contributed by atoms with van der Waals surface area (Å²) in [5, 5.41) is 13.7. The molecule has 11 heteroatoms. The first-order valence-electron chi connectivity index (χ1n) is 10.7. The fourth-order valence-corrected chi connectivity index (χ4v) is 4.04. The fourth-order valence-electron chi connectivity index (χ4n) is 4.04. The predicted octanol–water partition coefficient (Wildman–Crippen LogP) is 1.72. The molecule has 33 heavy (non-hydrogen) atoms. The molecule has 0 amide bonds. The minimum absolute atomic E-state index is 0.129. The number of benzene rings is 1. The van der Waals surface area contributed by atoms with Crippen LogP contribution in [0.1, 0.15) is 18.5 Å². The minimum Gasteiger partial charge on any atom is -0.494 e. The number of ether oxygens (including phenoxy) is 2. The topological polar surface area (TPSA) is 136 Å². The molecule has 0 unspecified atom stereocenters. The summed E-state index contributed by atoms with van der Waals surface area (Å²) in [4.78, 5) is 21.0. The minimum atomic E-state index is 0.129. The van der Waals surface area contributed by atoms with Gasteiger partial charge in [0.25, 0.3) is 0 Å². The first kappa shape index (κ1) is 21.0. The van der Waals surface area contributed by atoms with E-state index in [1.165, 1.54) is 0 Å². The van der Waals surface area contributed by atoms with E-state index in [0.717, 1.165) is 24.1 Å². The molecule has 4 heterocycles. The van der Waals surface area contributed by atoms with Crippen LogP contribution in [0.3, 0.4) is 0 Å². The molecule has 1 saturated heterocycles. The largest absolute Gasteiger partial charge is 0.494 e. The number of ketones is 1. The molecule has 0 radical (unpaired) electrons. The maximum Gasteiger partial charge on any atom is 0.221 e. The first-order chi connectivity index (χ1) is 16.1. The number of nitrogens with zero attached hydrogens (tertiary/aromatic N) is 7. The van der Waals surface area contributed by atoms with Crippen LogP contribution in [-0.2, 0) is 22.6 Å². The molecule has 170 valence electrons. The summed E-state index contributed by atoms with van der Waals surface area (Å²) in [5.41, 5.74) is 8.46. The summed E-state index contributed by atoms with van der Waals surface area (Å²) < 4.78 is 14.1. The van der Waals surface area contributed by atoms with E-state index >= 15 is 0 Å². The number of fused-ring (bicyclic) bond motifs is 1. The van der Waals surface area contributed by atoms with E-state index in [9.17, 15) is 4.79 Å². The third-order valence-corrected chi connectivity index (χ3v) is 5.61. The van der Waals surface area contributed by atoms with Crippen molar-refractivity contribution in [3.05, 3.63) is 42.4 Å². The van der Waals surface area contributed by atoms with Gasteiger partial charge in [-0.15, -0.1) is 5.10 Å². The van der Waals surface area contributed by atoms with Gasteiger partial charge in [-0.3, -0.25) is 9.48 Å². The molecule has 1 atom stereocenters. The molecule has 2 N–H and O–H groups in total. The van der Waals surface area contributed by atoms with Gasteiger partial charge in [-0.25, -0.2) is 14.6 Å². The van der Waals surface area contributed by atoms with E-state index < -0.39 is 0 Å². The van der Waals surface area contributed by atoms with E-state index in [1.807, 2.05) is 24.3 Å². The molecule has 5 rings (SSSR count). The molecule has 3 aromatic heterocycles. The number of nitrogen functional groups attached to an aromatic ring is 1. The van der Waals surface area contributed by atoms with Crippen LogP contribution in [0.25, 0.3) is 22.3 Å². The summed E-state index contributed by atoms with van der Waals surface area (Å²) in [6, 6.07) is 7.44. The Kier molecular flexibility index (Phi) is 5.69. The van der Waals surface area contributed by atoms with E-state index in [4.69, 9.17) is 15.2 Å². The highest BCUT2D eigenvalue weighted by molar-refractivity contribution is 5.95. The smallest absolute Gasteiger partial charge is 0.221 e. The maximum atomic E-state index is 12.3. The number of nitrogens with two attached hydrogens (primary N) is 1. The second-order valence-corrected chi connectivity index (χ2v) is 8.07. The zero-order valence-electron chi connectivity index (χ0n) is 18.2. The van der Waals surface area contributed by atoms with Crippen LogP contribution < -0.4 is 10.5 Å². The highest BCUT2D eigenvalue weighted by Gasteiger charge is 2.19. The Hall–Kier alpha value is -3.86. The zero-order chi connectivity index (χ0) is 22.8. The van der Waals surface area contributed by atoms with Gasteiger partial charge in [0.1, 0.15) is 22.7 Å². The Morgan fingerprint density at radius 2 is 2.18 bits per heavy atom. The SMILES string of the molecule is COc1cccc2c(-c3cn(Cc4ccn(CC(=O)C[C@H]5CCOC5)n4)nn3)nc(N)nc12. The summed E-state index contributed by atoms with van der Waals surface area (Å²) in [6.07, 6.45) is 5.07. The average Bonchev–Trinajstić information content (AvgIpc) is 3.56. The number of para-hydroxylation sites is 1. The first-order valence-corrected chi connectivity index (χ1v) is 10.7. The molecule has 11 nitrogen and oxygen atoms in total.